The zero-order valence-electron chi connectivity index (χ0n) is 11.7. The van der Waals surface area contributed by atoms with Gasteiger partial charge in [-0.2, -0.15) is 0 Å². The topological polar surface area (TPSA) is 65.5 Å². The summed E-state index contributed by atoms with van der Waals surface area (Å²) >= 11 is 0. The maximum Gasteiger partial charge on any atom is 0.340 e. The first-order valence-electron chi connectivity index (χ1n) is 6.16. The molecule has 1 aromatic rings. The van der Waals surface area contributed by atoms with Crippen LogP contribution in [0.25, 0.3) is 0 Å². The highest BCUT2D eigenvalue weighted by molar-refractivity contribution is 5.92. The molecule has 19 heavy (non-hydrogen) atoms. The summed E-state index contributed by atoms with van der Waals surface area (Å²) in [5.41, 5.74) is 0.0781. The molecule has 0 aromatic carbocycles. The van der Waals surface area contributed by atoms with Crippen LogP contribution >= 0.6 is 0 Å². The number of carbonyl (C=O) groups excluding carboxylic acids is 2. The Morgan fingerprint density at radius 3 is 2.58 bits per heavy atom. The van der Waals surface area contributed by atoms with Crippen molar-refractivity contribution in [3.8, 4) is 0 Å². The summed E-state index contributed by atoms with van der Waals surface area (Å²) in [6.07, 6.45) is 1.49. The zero-order valence-corrected chi connectivity index (χ0v) is 11.7. The molecule has 0 saturated carbocycles. The standard InChI is InChI=1S/C14H19NO4/c1-5-18-12(16)9-11-10(7-6-8-15-11)13(17)19-14(2,3)4/h6-8H,5,9H2,1-4H3. The summed E-state index contributed by atoms with van der Waals surface area (Å²) in [4.78, 5) is 27.5. The van der Waals surface area contributed by atoms with Gasteiger partial charge in [0.2, 0.25) is 0 Å². The fourth-order valence-electron chi connectivity index (χ4n) is 1.45. The van der Waals surface area contributed by atoms with Crippen LogP contribution in [-0.2, 0) is 20.7 Å². The molecule has 104 valence electrons. The van der Waals surface area contributed by atoms with Gasteiger partial charge in [0, 0.05) is 6.20 Å². The van der Waals surface area contributed by atoms with Crippen molar-refractivity contribution in [2.45, 2.75) is 39.7 Å². The minimum Gasteiger partial charge on any atom is -0.466 e. The van der Waals surface area contributed by atoms with Crippen molar-refractivity contribution in [1.29, 1.82) is 0 Å². The van der Waals surface area contributed by atoms with Crippen LogP contribution in [0.15, 0.2) is 18.3 Å². The lowest BCUT2D eigenvalue weighted by Gasteiger charge is -2.20. The maximum atomic E-state index is 12.0. The number of hydrogen-bond acceptors (Lipinski definition) is 5. The van der Waals surface area contributed by atoms with Gasteiger partial charge >= 0.3 is 11.9 Å². The second-order valence-electron chi connectivity index (χ2n) is 4.98. The molecule has 1 aromatic heterocycles. The molecule has 5 heteroatoms. The largest absolute Gasteiger partial charge is 0.466 e. The van der Waals surface area contributed by atoms with Crippen LogP contribution < -0.4 is 0 Å². The quantitative estimate of drug-likeness (QED) is 0.780. The molecule has 0 atom stereocenters. The van der Waals surface area contributed by atoms with Crippen molar-refractivity contribution in [3.05, 3.63) is 29.6 Å². The molecule has 0 amide bonds. The molecule has 1 rings (SSSR count). The van der Waals surface area contributed by atoms with Crippen molar-refractivity contribution >= 4 is 11.9 Å². The monoisotopic (exact) mass is 265 g/mol. The third kappa shape index (κ3) is 5.07. The number of aromatic nitrogens is 1. The molecule has 0 N–H and O–H groups in total. The molecule has 0 saturated heterocycles. The Morgan fingerprint density at radius 1 is 1.32 bits per heavy atom. The summed E-state index contributed by atoms with van der Waals surface area (Å²) < 4.78 is 10.1. The maximum absolute atomic E-state index is 12.0. The van der Waals surface area contributed by atoms with E-state index < -0.39 is 17.5 Å². The molecule has 0 spiro atoms. The van der Waals surface area contributed by atoms with Crippen LogP contribution in [0.1, 0.15) is 43.7 Å². The van der Waals surface area contributed by atoms with E-state index >= 15 is 0 Å². The lowest BCUT2D eigenvalue weighted by molar-refractivity contribution is -0.142. The highest BCUT2D eigenvalue weighted by Gasteiger charge is 2.21. The Labute approximate surface area is 112 Å². The summed E-state index contributed by atoms with van der Waals surface area (Å²) in [7, 11) is 0. The molecule has 0 bridgehead atoms. The summed E-state index contributed by atoms with van der Waals surface area (Å²) in [6.45, 7) is 7.38. The molecule has 0 unspecified atom stereocenters. The Balaban J connectivity index is 2.89. The van der Waals surface area contributed by atoms with E-state index in [4.69, 9.17) is 9.47 Å². The van der Waals surface area contributed by atoms with Crippen molar-refractivity contribution < 1.29 is 19.1 Å². The van der Waals surface area contributed by atoms with Gasteiger partial charge in [-0.25, -0.2) is 4.79 Å². The van der Waals surface area contributed by atoms with Crippen LogP contribution in [0, 0.1) is 0 Å². The average molecular weight is 265 g/mol. The van der Waals surface area contributed by atoms with E-state index in [2.05, 4.69) is 4.98 Å². The van der Waals surface area contributed by atoms with Crippen molar-refractivity contribution in [3.63, 3.8) is 0 Å². The molecule has 1 heterocycles. The summed E-state index contributed by atoms with van der Waals surface area (Å²) in [5.74, 6) is -0.897. The fraction of sp³-hybridized carbons (Fsp3) is 0.500. The normalized spacial score (nSPS) is 10.9. The number of nitrogens with zero attached hydrogens (tertiary/aromatic N) is 1. The highest BCUT2D eigenvalue weighted by atomic mass is 16.6. The number of hydrogen-bond donors (Lipinski definition) is 0. The number of carbonyl (C=O) groups is 2. The Morgan fingerprint density at radius 2 is 2.00 bits per heavy atom. The molecule has 0 radical (unpaired) electrons. The van der Waals surface area contributed by atoms with Crippen molar-refractivity contribution in [2.24, 2.45) is 0 Å². The van der Waals surface area contributed by atoms with Gasteiger partial charge in [-0.1, -0.05) is 0 Å². The zero-order chi connectivity index (χ0) is 14.5. The number of pyridine rings is 1. The molecular formula is C14H19NO4. The van der Waals surface area contributed by atoms with E-state index in [1.54, 1.807) is 39.8 Å². The third-order valence-corrected chi connectivity index (χ3v) is 2.13. The van der Waals surface area contributed by atoms with E-state index in [-0.39, 0.29) is 6.42 Å². The summed E-state index contributed by atoms with van der Waals surface area (Å²) in [6, 6.07) is 3.23. The minimum atomic E-state index is -0.589. The molecular weight excluding hydrogens is 246 g/mol. The molecule has 0 aliphatic heterocycles. The van der Waals surface area contributed by atoms with Gasteiger partial charge in [-0.15, -0.1) is 0 Å². The van der Waals surface area contributed by atoms with Crippen LogP contribution in [0.3, 0.4) is 0 Å². The van der Waals surface area contributed by atoms with Gasteiger partial charge < -0.3 is 9.47 Å². The van der Waals surface area contributed by atoms with E-state index in [1.807, 2.05) is 0 Å². The minimum absolute atomic E-state index is 0.0384. The predicted molar refractivity (Wildman–Crippen MR) is 69.7 cm³/mol. The predicted octanol–water partition coefficient (Wildman–Crippen LogP) is 2.14. The first kappa shape index (κ1) is 15.1. The number of rotatable bonds is 4. The number of ether oxygens (including phenoxy) is 2. The molecule has 5 nitrogen and oxygen atoms in total. The van der Waals surface area contributed by atoms with Gasteiger partial charge in [-0.05, 0) is 39.8 Å². The van der Waals surface area contributed by atoms with Crippen LogP contribution in [0.2, 0.25) is 0 Å². The first-order valence-corrected chi connectivity index (χ1v) is 6.16. The second-order valence-corrected chi connectivity index (χ2v) is 4.98. The highest BCUT2D eigenvalue weighted by Crippen LogP contribution is 2.14. The average Bonchev–Trinajstić information content (AvgIpc) is 2.27. The number of esters is 2. The van der Waals surface area contributed by atoms with E-state index in [0.717, 1.165) is 0 Å². The molecule has 0 fully saturated rings. The lowest BCUT2D eigenvalue weighted by atomic mass is 10.1. The van der Waals surface area contributed by atoms with Crippen molar-refractivity contribution in [1.82, 2.24) is 4.98 Å². The van der Waals surface area contributed by atoms with Gasteiger partial charge in [0.25, 0.3) is 0 Å². The van der Waals surface area contributed by atoms with Crippen LogP contribution in [0.4, 0.5) is 0 Å². The van der Waals surface area contributed by atoms with Crippen LogP contribution in [-0.4, -0.2) is 29.1 Å². The summed E-state index contributed by atoms with van der Waals surface area (Å²) in [5, 5.41) is 0. The van der Waals surface area contributed by atoms with E-state index in [0.29, 0.717) is 17.9 Å². The van der Waals surface area contributed by atoms with E-state index in [1.165, 1.54) is 6.20 Å². The molecule has 0 aliphatic rings. The Hall–Kier alpha value is -1.91. The van der Waals surface area contributed by atoms with Crippen LogP contribution in [0.5, 0.6) is 0 Å². The van der Waals surface area contributed by atoms with Gasteiger partial charge in [0.05, 0.1) is 24.3 Å². The Kier molecular flexibility index (Phi) is 5.03. The van der Waals surface area contributed by atoms with Crippen molar-refractivity contribution in [2.75, 3.05) is 6.61 Å². The third-order valence-electron chi connectivity index (χ3n) is 2.13. The second kappa shape index (κ2) is 6.31. The Bertz CT molecular complexity index is 463. The van der Waals surface area contributed by atoms with E-state index in [9.17, 15) is 9.59 Å². The van der Waals surface area contributed by atoms with Gasteiger partial charge in [-0.3, -0.25) is 9.78 Å². The van der Waals surface area contributed by atoms with Gasteiger partial charge in [0.1, 0.15) is 5.60 Å². The van der Waals surface area contributed by atoms with Gasteiger partial charge in [0.15, 0.2) is 0 Å². The first-order chi connectivity index (χ1) is 8.83. The molecule has 0 aliphatic carbocycles. The fourth-order valence-corrected chi connectivity index (χ4v) is 1.45. The lowest BCUT2D eigenvalue weighted by Crippen LogP contribution is -2.25. The smallest absolute Gasteiger partial charge is 0.340 e. The SMILES string of the molecule is CCOC(=O)Cc1ncccc1C(=O)OC(C)(C)C.